The predicted molar refractivity (Wildman–Crippen MR) is 126 cm³/mol. The van der Waals surface area contributed by atoms with Gasteiger partial charge in [0.2, 0.25) is 5.91 Å². The van der Waals surface area contributed by atoms with E-state index in [0.29, 0.717) is 13.1 Å². The number of benzene rings is 1. The van der Waals surface area contributed by atoms with Crippen LogP contribution in [0.1, 0.15) is 31.9 Å². The molecule has 1 aromatic carbocycles. The molecule has 0 radical (unpaired) electrons. The summed E-state index contributed by atoms with van der Waals surface area (Å²) in [7, 11) is 1.54. The number of fused-ring (bicyclic) bond motifs is 1. The smallest absolute Gasteiger partial charge is 0.407 e. The van der Waals surface area contributed by atoms with Crippen LogP contribution in [0.2, 0.25) is 0 Å². The van der Waals surface area contributed by atoms with Gasteiger partial charge in [0.05, 0.1) is 18.8 Å². The summed E-state index contributed by atoms with van der Waals surface area (Å²) in [5.41, 5.74) is 4.87. The molecule has 9 heteroatoms. The minimum atomic E-state index is -0.964. The van der Waals surface area contributed by atoms with Crippen LogP contribution in [0.5, 0.6) is 0 Å². The third-order valence-electron chi connectivity index (χ3n) is 6.00. The van der Waals surface area contributed by atoms with E-state index in [1.807, 2.05) is 35.4 Å². The fourth-order valence-corrected chi connectivity index (χ4v) is 4.29. The lowest BCUT2D eigenvalue weighted by atomic mass is 9.89. The highest BCUT2D eigenvalue weighted by Gasteiger charge is 2.32. The average Bonchev–Trinajstić information content (AvgIpc) is 3.26. The predicted octanol–water partition coefficient (Wildman–Crippen LogP) is 3.85. The lowest BCUT2D eigenvalue weighted by Crippen LogP contribution is -2.43. The van der Waals surface area contributed by atoms with E-state index in [-0.39, 0.29) is 18.0 Å². The highest BCUT2D eigenvalue weighted by molar-refractivity contribution is 5.94. The van der Waals surface area contributed by atoms with Crippen molar-refractivity contribution in [1.29, 1.82) is 0 Å². The van der Waals surface area contributed by atoms with Gasteiger partial charge >= 0.3 is 6.09 Å². The molecule has 3 heterocycles. The molecular formula is C24H28N6O3. The summed E-state index contributed by atoms with van der Waals surface area (Å²) in [5.74, 6) is 0.0224. The van der Waals surface area contributed by atoms with E-state index >= 15 is 0 Å². The first-order valence-electron chi connectivity index (χ1n) is 10.9. The van der Waals surface area contributed by atoms with Crippen molar-refractivity contribution in [1.82, 2.24) is 19.7 Å². The van der Waals surface area contributed by atoms with Gasteiger partial charge in [0.1, 0.15) is 0 Å². The number of hydrogen-bond acceptors (Lipinski definition) is 5. The third-order valence-corrected chi connectivity index (χ3v) is 6.00. The summed E-state index contributed by atoms with van der Waals surface area (Å²) >= 11 is 0. The van der Waals surface area contributed by atoms with Gasteiger partial charge in [-0.3, -0.25) is 14.5 Å². The number of carbonyl (C=O) groups excluding carboxylic acids is 1. The van der Waals surface area contributed by atoms with E-state index in [1.54, 1.807) is 30.2 Å². The number of aromatic nitrogens is 3. The summed E-state index contributed by atoms with van der Waals surface area (Å²) in [5, 5.41) is 17.0. The number of pyridine rings is 1. The number of anilines is 2. The highest BCUT2D eigenvalue weighted by atomic mass is 16.4. The van der Waals surface area contributed by atoms with Gasteiger partial charge in [-0.1, -0.05) is 6.07 Å². The van der Waals surface area contributed by atoms with Crippen molar-refractivity contribution in [3.8, 4) is 11.1 Å². The van der Waals surface area contributed by atoms with Gasteiger partial charge in [-0.15, -0.1) is 0 Å². The average molecular weight is 449 g/mol. The molecule has 3 aromatic rings. The van der Waals surface area contributed by atoms with Gasteiger partial charge in [-0.05, 0) is 48.7 Å². The van der Waals surface area contributed by atoms with Crippen LogP contribution >= 0.6 is 0 Å². The second kappa shape index (κ2) is 9.32. The maximum Gasteiger partial charge on any atom is 0.407 e. The van der Waals surface area contributed by atoms with Crippen molar-refractivity contribution in [3.63, 3.8) is 0 Å². The Balaban J connectivity index is 1.64. The number of carboxylic acid groups (broad SMARTS) is 1. The maximum atomic E-state index is 12.4. The Bertz CT molecular complexity index is 1150. The van der Waals surface area contributed by atoms with Crippen LogP contribution in [-0.2, 0) is 11.3 Å². The number of rotatable bonds is 6. The largest absolute Gasteiger partial charge is 0.465 e. The topological polar surface area (TPSA) is 104 Å². The third kappa shape index (κ3) is 4.82. The number of amides is 2. The molecule has 0 spiro atoms. The monoisotopic (exact) mass is 448 g/mol. The molecular weight excluding hydrogens is 420 g/mol. The molecule has 172 valence electrons. The van der Waals surface area contributed by atoms with Crippen LogP contribution in [0.15, 0.2) is 55.1 Å². The van der Waals surface area contributed by atoms with Crippen molar-refractivity contribution >= 4 is 23.4 Å². The van der Waals surface area contributed by atoms with Gasteiger partial charge in [0, 0.05) is 62.1 Å². The Labute approximate surface area is 192 Å². The molecule has 9 nitrogen and oxygen atoms in total. The Morgan fingerprint density at radius 3 is 2.67 bits per heavy atom. The van der Waals surface area contributed by atoms with Crippen molar-refractivity contribution in [3.05, 3.63) is 60.7 Å². The zero-order valence-electron chi connectivity index (χ0n) is 19.0. The van der Waals surface area contributed by atoms with Crippen molar-refractivity contribution < 1.29 is 14.7 Å². The van der Waals surface area contributed by atoms with Gasteiger partial charge in [0.25, 0.3) is 0 Å². The number of nitrogens with one attached hydrogen (secondary N) is 1. The molecule has 0 saturated heterocycles. The van der Waals surface area contributed by atoms with Crippen LogP contribution in [0.25, 0.3) is 11.1 Å². The molecule has 2 N–H and O–H groups in total. The minimum absolute atomic E-state index is 0.0224. The zero-order valence-corrected chi connectivity index (χ0v) is 19.0. The van der Waals surface area contributed by atoms with E-state index in [2.05, 4.69) is 28.4 Å². The fourth-order valence-electron chi connectivity index (χ4n) is 4.29. The molecule has 1 aliphatic heterocycles. The summed E-state index contributed by atoms with van der Waals surface area (Å²) < 4.78 is 1.74. The second-order valence-corrected chi connectivity index (χ2v) is 8.38. The molecule has 0 saturated carbocycles. The molecule has 2 atom stereocenters. The zero-order chi connectivity index (χ0) is 23.5. The Morgan fingerprint density at radius 1 is 1.21 bits per heavy atom. The Morgan fingerprint density at radius 2 is 1.97 bits per heavy atom. The molecule has 0 bridgehead atoms. The number of carbonyl (C=O) groups is 2. The molecule has 2 aromatic heterocycles. The Hall–Kier alpha value is -3.88. The molecule has 0 fully saturated rings. The van der Waals surface area contributed by atoms with Crippen LogP contribution in [0.3, 0.4) is 0 Å². The normalized spacial score (nSPS) is 17.4. The SMILES string of the molecule is CC(=O)N1c2ccc(-c3cnn(CCN(C)C(=O)O)c3)cc2[C@H](Nc2ccncc2)C[C@@H]1C. The lowest BCUT2D eigenvalue weighted by molar-refractivity contribution is -0.117. The standard InChI is InChI=1S/C24H28N6O3/c1-16-12-22(27-20-6-8-25-9-7-20)21-13-18(4-5-23(21)30(16)17(2)31)19-14-26-29(15-19)11-10-28(3)24(32)33/h4-9,13-16,22H,10-12H2,1-3H3,(H,25,27)(H,32,33)/t16-,22+/m0/s1. The summed E-state index contributed by atoms with van der Waals surface area (Å²) in [6.45, 7) is 4.49. The number of hydrogen-bond donors (Lipinski definition) is 2. The van der Waals surface area contributed by atoms with E-state index in [9.17, 15) is 9.59 Å². The van der Waals surface area contributed by atoms with Crippen LogP contribution < -0.4 is 10.2 Å². The lowest BCUT2D eigenvalue weighted by Gasteiger charge is -2.39. The molecule has 0 aliphatic carbocycles. The van der Waals surface area contributed by atoms with E-state index in [1.165, 1.54) is 11.9 Å². The van der Waals surface area contributed by atoms with Gasteiger partial charge in [-0.25, -0.2) is 4.79 Å². The molecule has 4 rings (SSSR count). The van der Waals surface area contributed by atoms with E-state index < -0.39 is 6.09 Å². The van der Waals surface area contributed by atoms with E-state index in [4.69, 9.17) is 5.11 Å². The van der Waals surface area contributed by atoms with Crippen LogP contribution in [0.4, 0.5) is 16.2 Å². The number of nitrogens with zero attached hydrogens (tertiary/aromatic N) is 5. The van der Waals surface area contributed by atoms with Crippen LogP contribution in [-0.4, -0.2) is 56.4 Å². The second-order valence-electron chi connectivity index (χ2n) is 8.38. The Kier molecular flexibility index (Phi) is 6.30. The summed E-state index contributed by atoms with van der Waals surface area (Å²) in [6.07, 6.45) is 7.01. The van der Waals surface area contributed by atoms with Crippen molar-refractivity contribution in [2.45, 2.75) is 38.9 Å². The fraction of sp³-hybridized carbons (Fsp3) is 0.333. The first-order chi connectivity index (χ1) is 15.8. The molecule has 2 amide bonds. The highest BCUT2D eigenvalue weighted by Crippen LogP contribution is 2.41. The van der Waals surface area contributed by atoms with Gasteiger partial charge in [0.15, 0.2) is 0 Å². The first kappa shape index (κ1) is 22.3. The van der Waals surface area contributed by atoms with Crippen LogP contribution in [0, 0.1) is 0 Å². The molecule has 1 aliphatic rings. The van der Waals surface area contributed by atoms with Gasteiger partial charge in [-0.2, -0.15) is 5.10 Å². The first-order valence-corrected chi connectivity index (χ1v) is 10.9. The van der Waals surface area contributed by atoms with Gasteiger partial charge < -0.3 is 20.2 Å². The maximum absolute atomic E-state index is 12.4. The molecule has 33 heavy (non-hydrogen) atoms. The minimum Gasteiger partial charge on any atom is -0.465 e. The van der Waals surface area contributed by atoms with Crippen molar-refractivity contribution in [2.75, 3.05) is 23.8 Å². The molecule has 0 unspecified atom stereocenters. The van der Waals surface area contributed by atoms with E-state index in [0.717, 1.165) is 34.5 Å². The quantitative estimate of drug-likeness (QED) is 0.594. The summed E-state index contributed by atoms with van der Waals surface area (Å²) in [4.78, 5) is 30.6. The number of likely N-dealkylation sites (N-methyl/N-ethyl adjacent to an activating group) is 1. The van der Waals surface area contributed by atoms with Crippen molar-refractivity contribution in [2.24, 2.45) is 0 Å². The summed E-state index contributed by atoms with van der Waals surface area (Å²) in [6, 6.07) is 10.1.